The molecule has 7 nitrogen and oxygen atoms in total. The number of aromatic nitrogens is 1. The summed E-state index contributed by atoms with van der Waals surface area (Å²) < 4.78 is 4.95. The van der Waals surface area contributed by atoms with Crippen molar-refractivity contribution in [3.63, 3.8) is 0 Å². The molecule has 0 unspecified atom stereocenters. The van der Waals surface area contributed by atoms with Crippen molar-refractivity contribution in [1.82, 2.24) is 10.3 Å². The normalized spacial score (nSPS) is 12.6. The number of ether oxygens (including phenoxy) is 1. The second-order valence-electron chi connectivity index (χ2n) is 6.11. The molecule has 138 valence electrons. The Morgan fingerprint density at radius 3 is 2.58 bits per heavy atom. The third kappa shape index (κ3) is 5.21. The maximum absolute atomic E-state index is 12.2. The first-order chi connectivity index (χ1) is 12.2. The summed E-state index contributed by atoms with van der Waals surface area (Å²) >= 11 is 1.08. The van der Waals surface area contributed by atoms with E-state index >= 15 is 0 Å². The second-order valence-corrected chi connectivity index (χ2v) is 7.08. The van der Waals surface area contributed by atoms with E-state index < -0.39 is 11.5 Å². The minimum atomic E-state index is -0.965. The molecular formula is C18H22N4O3S. The van der Waals surface area contributed by atoms with Crippen molar-refractivity contribution in [3.05, 3.63) is 22.9 Å². The third-order valence-electron chi connectivity index (χ3n) is 3.92. The Kier molecular flexibility index (Phi) is 7.60. The number of esters is 1. The van der Waals surface area contributed by atoms with Gasteiger partial charge >= 0.3 is 5.97 Å². The van der Waals surface area contributed by atoms with Crippen LogP contribution < -0.4 is 5.32 Å². The zero-order chi connectivity index (χ0) is 19.9. The van der Waals surface area contributed by atoms with Gasteiger partial charge in [-0.3, -0.25) is 4.79 Å². The van der Waals surface area contributed by atoms with Crippen molar-refractivity contribution in [2.75, 3.05) is 12.4 Å². The molecule has 0 fully saturated rings. The van der Waals surface area contributed by atoms with Crippen LogP contribution >= 0.6 is 11.8 Å². The lowest BCUT2D eigenvalue weighted by Gasteiger charge is -2.27. The van der Waals surface area contributed by atoms with Crippen LogP contribution in [0, 0.1) is 35.5 Å². The highest BCUT2D eigenvalue weighted by Gasteiger charge is 2.30. The number of nitrogens with zero attached hydrogens (tertiary/aromatic N) is 3. The molecule has 1 N–H and O–H groups in total. The number of hydrogen-bond acceptors (Lipinski definition) is 7. The first-order valence-corrected chi connectivity index (χ1v) is 9.11. The lowest BCUT2D eigenvalue weighted by molar-refractivity contribution is -0.120. The number of aryl methyl sites for hydroxylation is 1. The number of rotatable bonds is 7. The molecule has 1 aromatic heterocycles. The fourth-order valence-corrected chi connectivity index (χ4v) is 2.75. The molecule has 1 heterocycles. The van der Waals surface area contributed by atoms with Crippen LogP contribution in [-0.2, 0) is 9.53 Å². The Morgan fingerprint density at radius 1 is 1.42 bits per heavy atom. The highest BCUT2D eigenvalue weighted by Crippen LogP contribution is 2.24. The number of amides is 1. The summed E-state index contributed by atoms with van der Waals surface area (Å²) in [5.41, 5.74) is -0.112. The Hall–Kier alpha value is -2.58. The van der Waals surface area contributed by atoms with E-state index in [-0.39, 0.29) is 35.3 Å². The average Bonchev–Trinajstić information content (AvgIpc) is 2.59. The quantitative estimate of drug-likeness (QED) is 0.576. The summed E-state index contributed by atoms with van der Waals surface area (Å²) in [6, 6.07) is 5.52. The largest absolute Gasteiger partial charge is 0.462 e. The van der Waals surface area contributed by atoms with Crippen molar-refractivity contribution < 1.29 is 14.3 Å². The van der Waals surface area contributed by atoms with Crippen molar-refractivity contribution in [2.45, 2.75) is 45.2 Å². The molecule has 1 amide bonds. The van der Waals surface area contributed by atoms with E-state index in [9.17, 15) is 20.1 Å². The molecule has 8 heteroatoms. The van der Waals surface area contributed by atoms with Gasteiger partial charge in [0.1, 0.15) is 16.6 Å². The van der Waals surface area contributed by atoms with Gasteiger partial charge in [-0.2, -0.15) is 10.5 Å². The van der Waals surface area contributed by atoms with Gasteiger partial charge in [-0.05, 0) is 32.8 Å². The van der Waals surface area contributed by atoms with E-state index in [0.29, 0.717) is 10.7 Å². The standard InChI is InChI=1S/C18H22N4O3S/c1-6-25-17(24)14-7-13(8-19)16(21-12(14)4)26-9-15(23)22-18(5,10-20)11(2)3/h7,11H,6,9H2,1-5H3,(H,22,23)/t18-/m0/s1. The molecule has 0 bridgehead atoms. The van der Waals surface area contributed by atoms with E-state index in [1.54, 1.807) is 20.8 Å². The maximum Gasteiger partial charge on any atom is 0.340 e. The van der Waals surface area contributed by atoms with Gasteiger partial charge in [0, 0.05) is 0 Å². The predicted molar refractivity (Wildman–Crippen MR) is 97.4 cm³/mol. The Morgan fingerprint density at radius 2 is 2.08 bits per heavy atom. The van der Waals surface area contributed by atoms with Crippen LogP contribution in [0.3, 0.4) is 0 Å². The van der Waals surface area contributed by atoms with E-state index in [1.807, 2.05) is 19.9 Å². The third-order valence-corrected chi connectivity index (χ3v) is 4.91. The maximum atomic E-state index is 12.2. The number of nitriles is 2. The van der Waals surface area contributed by atoms with Gasteiger partial charge in [0.05, 0.1) is 35.2 Å². The Bertz CT molecular complexity index is 780. The highest BCUT2D eigenvalue weighted by atomic mass is 32.2. The van der Waals surface area contributed by atoms with Gasteiger partial charge in [-0.25, -0.2) is 9.78 Å². The molecule has 0 spiro atoms. The molecule has 0 radical (unpaired) electrons. The highest BCUT2D eigenvalue weighted by molar-refractivity contribution is 8.00. The molecule has 0 aromatic carbocycles. The van der Waals surface area contributed by atoms with Crippen LogP contribution in [0.5, 0.6) is 0 Å². The lowest BCUT2D eigenvalue weighted by atomic mass is 9.90. The number of hydrogen-bond donors (Lipinski definition) is 1. The summed E-state index contributed by atoms with van der Waals surface area (Å²) in [5.74, 6) is -0.917. The van der Waals surface area contributed by atoms with Crippen LogP contribution in [0.2, 0.25) is 0 Å². The Balaban J connectivity index is 2.93. The number of carbonyl (C=O) groups is 2. The predicted octanol–water partition coefficient (Wildman–Crippen LogP) is 2.58. The van der Waals surface area contributed by atoms with Crippen molar-refractivity contribution in [3.8, 4) is 12.1 Å². The molecule has 26 heavy (non-hydrogen) atoms. The average molecular weight is 374 g/mol. The van der Waals surface area contributed by atoms with Gasteiger partial charge < -0.3 is 10.1 Å². The summed E-state index contributed by atoms with van der Waals surface area (Å²) in [7, 11) is 0. The molecule has 0 aliphatic rings. The van der Waals surface area contributed by atoms with Gasteiger partial charge in [0.2, 0.25) is 5.91 Å². The summed E-state index contributed by atoms with van der Waals surface area (Å²) in [4.78, 5) is 28.3. The summed E-state index contributed by atoms with van der Waals surface area (Å²) in [5, 5.41) is 21.6. The van der Waals surface area contributed by atoms with Crippen LogP contribution in [0.25, 0.3) is 0 Å². The van der Waals surface area contributed by atoms with Gasteiger partial charge in [0.15, 0.2) is 0 Å². The zero-order valence-corrected chi connectivity index (χ0v) is 16.4. The topological polar surface area (TPSA) is 116 Å². The van der Waals surface area contributed by atoms with Crippen molar-refractivity contribution >= 4 is 23.6 Å². The van der Waals surface area contributed by atoms with Crippen LogP contribution in [0.1, 0.15) is 49.3 Å². The number of thioether (sulfide) groups is 1. The van der Waals surface area contributed by atoms with Crippen molar-refractivity contribution in [2.24, 2.45) is 5.92 Å². The van der Waals surface area contributed by atoms with Gasteiger partial charge in [-0.1, -0.05) is 25.6 Å². The SMILES string of the molecule is CCOC(=O)c1cc(C#N)c(SCC(=O)N[C@@](C)(C#N)C(C)C)nc1C. The lowest BCUT2D eigenvalue weighted by Crippen LogP contribution is -2.49. The Labute approximate surface area is 157 Å². The summed E-state index contributed by atoms with van der Waals surface area (Å²) in [6.45, 7) is 8.93. The molecule has 0 aliphatic heterocycles. The fourth-order valence-electron chi connectivity index (χ4n) is 1.95. The van der Waals surface area contributed by atoms with E-state index in [1.165, 1.54) is 6.07 Å². The number of carbonyl (C=O) groups excluding carboxylic acids is 2. The van der Waals surface area contributed by atoms with E-state index in [2.05, 4.69) is 16.4 Å². The number of nitrogens with one attached hydrogen (secondary N) is 1. The minimum absolute atomic E-state index is 0.00383. The monoisotopic (exact) mass is 374 g/mol. The molecule has 1 rings (SSSR count). The second kappa shape index (κ2) is 9.21. The fraction of sp³-hybridized carbons (Fsp3) is 0.500. The smallest absolute Gasteiger partial charge is 0.340 e. The molecule has 0 saturated heterocycles. The molecule has 1 aromatic rings. The van der Waals surface area contributed by atoms with E-state index in [4.69, 9.17) is 4.74 Å². The molecule has 1 atom stereocenters. The van der Waals surface area contributed by atoms with Gasteiger partial charge in [0.25, 0.3) is 0 Å². The van der Waals surface area contributed by atoms with Crippen LogP contribution in [0.15, 0.2) is 11.1 Å². The zero-order valence-electron chi connectivity index (χ0n) is 15.5. The molecule has 0 saturated carbocycles. The van der Waals surface area contributed by atoms with Crippen LogP contribution in [-0.4, -0.2) is 34.8 Å². The number of pyridine rings is 1. The first-order valence-electron chi connectivity index (χ1n) is 8.12. The first kappa shape index (κ1) is 21.5. The molecular weight excluding hydrogens is 352 g/mol. The minimum Gasteiger partial charge on any atom is -0.462 e. The van der Waals surface area contributed by atoms with E-state index in [0.717, 1.165) is 11.8 Å². The van der Waals surface area contributed by atoms with Crippen molar-refractivity contribution in [1.29, 1.82) is 10.5 Å². The summed E-state index contributed by atoms with van der Waals surface area (Å²) in [6.07, 6.45) is 0. The van der Waals surface area contributed by atoms with Crippen LogP contribution in [0.4, 0.5) is 0 Å². The molecule has 0 aliphatic carbocycles. The van der Waals surface area contributed by atoms with Gasteiger partial charge in [-0.15, -0.1) is 0 Å².